The van der Waals surface area contributed by atoms with Crippen molar-refractivity contribution < 1.29 is 4.74 Å². The second-order valence-corrected chi connectivity index (χ2v) is 9.42. The van der Waals surface area contributed by atoms with Crippen molar-refractivity contribution in [3.05, 3.63) is 80.1 Å². The van der Waals surface area contributed by atoms with Gasteiger partial charge in [0.2, 0.25) is 0 Å². The Balaban J connectivity index is 0.000000181. The van der Waals surface area contributed by atoms with Crippen molar-refractivity contribution in [2.24, 2.45) is 13.0 Å². The molecule has 2 aromatic carbocycles. The van der Waals surface area contributed by atoms with Gasteiger partial charge >= 0.3 is 0 Å². The van der Waals surface area contributed by atoms with Gasteiger partial charge in [0.15, 0.2) is 0 Å². The monoisotopic (exact) mass is 518 g/mol. The van der Waals surface area contributed by atoms with Crippen molar-refractivity contribution in [1.29, 1.82) is 0 Å². The van der Waals surface area contributed by atoms with E-state index in [4.69, 9.17) is 16.3 Å². The van der Waals surface area contributed by atoms with E-state index in [9.17, 15) is 4.79 Å². The fraction of sp³-hybridized carbons (Fsp3) is 0.423. The van der Waals surface area contributed by atoms with E-state index in [2.05, 4.69) is 15.9 Å². The normalized spacial score (nSPS) is 14.0. The molecule has 0 atom stereocenters. The number of hydrogen-bond donors (Lipinski definition) is 0. The number of aromatic nitrogens is 2. The topological polar surface area (TPSA) is 36.2 Å². The molecule has 0 spiro atoms. The molecule has 1 aromatic heterocycles. The molecule has 1 saturated carbocycles. The molecule has 0 unspecified atom stereocenters. The van der Waals surface area contributed by atoms with Gasteiger partial charge in [0.05, 0.1) is 18.0 Å². The summed E-state index contributed by atoms with van der Waals surface area (Å²) >= 11 is 9.25. The highest BCUT2D eigenvalue weighted by Gasteiger charge is 2.15. The van der Waals surface area contributed by atoms with Crippen molar-refractivity contribution in [1.82, 2.24) is 9.36 Å². The molecule has 3 aromatic rings. The number of halogens is 2. The first-order valence-corrected chi connectivity index (χ1v) is 12.6. The minimum Gasteiger partial charge on any atom is -0.494 e. The molecule has 0 amide bonds. The molecule has 1 aliphatic carbocycles. The Hall–Kier alpha value is -1.98. The second kappa shape index (κ2) is 12.3. The molecule has 4 nitrogen and oxygen atoms in total. The van der Waals surface area contributed by atoms with Gasteiger partial charge in [-0.15, -0.1) is 0 Å². The molecule has 0 aliphatic heterocycles. The molecule has 172 valence electrons. The van der Waals surface area contributed by atoms with Crippen LogP contribution in [0.25, 0.3) is 5.69 Å². The van der Waals surface area contributed by atoms with Gasteiger partial charge in [-0.05, 0) is 65.0 Å². The van der Waals surface area contributed by atoms with Crippen LogP contribution in [0.1, 0.15) is 51.1 Å². The van der Waals surface area contributed by atoms with Crippen LogP contribution in [-0.4, -0.2) is 16.0 Å². The highest BCUT2D eigenvalue weighted by molar-refractivity contribution is 9.10. The maximum atomic E-state index is 12.1. The van der Waals surface area contributed by atoms with Gasteiger partial charge in [0.25, 0.3) is 5.56 Å². The summed E-state index contributed by atoms with van der Waals surface area (Å²) in [4.78, 5) is 12.1. The van der Waals surface area contributed by atoms with Gasteiger partial charge in [0, 0.05) is 12.1 Å². The van der Waals surface area contributed by atoms with Crippen molar-refractivity contribution in [3.8, 4) is 11.4 Å². The van der Waals surface area contributed by atoms with Crippen LogP contribution in [0.15, 0.2) is 63.9 Å². The lowest BCUT2D eigenvalue weighted by Gasteiger charge is -2.21. The largest absolute Gasteiger partial charge is 0.494 e. The number of benzene rings is 2. The van der Waals surface area contributed by atoms with Crippen LogP contribution in [0.5, 0.6) is 5.75 Å². The van der Waals surface area contributed by atoms with Gasteiger partial charge in [-0.1, -0.05) is 74.9 Å². The van der Waals surface area contributed by atoms with Gasteiger partial charge < -0.3 is 4.74 Å². The van der Waals surface area contributed by atoms with Crippen molar-refractivity contribution >= 4 is 27.5 Å². The standard InChI is InChI=1S/C14H19ClO.C12H13BrN2O/c15-13-7-4-8-14(11-13)16-10-9-12-5-2-1-3-6-12;1-3-10-11(13)12(16)15(14(10)2)9-7-5-4-6-8-9/h4,7-8,11-12H,1-3,5-6,9-10H2;4-8H,3H2,1-2H3. The smallest absolute Gasteiger partial charge is 0.285 e. The van der Waals surface area contributed by atoms with Crippen LogP contribution in [0.3, 0.4) is 0 Å². The Bertz CT molecular complexity index is 1040. The maximum absolute atomic E-state index is 12.1. The molecule has 4 rings (SSSR count). The first-order valence-electron chi connectivity index (χ1n) is 11.4. The summed E-state index contributed by atoms with van der Waals surface area (Å²) in [7, 11) is 1.90. The van der Waals surface area contributed by atoms with E-state index in [0.717, 1.165) is 41.1 Å². The quantitative estimate of drug-likeness (QED) is 0.345. The van der Waals surface area contributed by atoms with E-state index in [1.54, 1.807) is 4.68 Å². The number of rotatable bonds is 6. The molecule has 32 heavy (non-hydrogen) atoms. The van der Waals surface area contributed by atoms with E-state index in [1.165, 1.54) is 38.5 Å². The number of hydrogen-bond acceptors (Lipinski definition) is 2. The SMILES string of the molecule is CCc1c(Br)c(=O)n(-c2ccccc2)n1C.Clc1cccc(OCCC2CCCCC2)c1. The zero-order chi connectivity index (χ0) is 22.9. The average molecular weight is 520 g/mol. The molecule has 0 saturated heterocycles. The second-order valence-electron chi connectivity index (χ2n) is 8.19. The molecule has 1 aliphatic rings. The lowest BCUT2D eigenvalue weighted by atomic mass is 9.87. The van der Waals surface area contributed by atoms with Crippen molar-refractivity contribution in [2.45, 2.75) is 51.9 Å². The van der Waals surface area contributed by atoms with E-state index >= 15 is 0 Å². The van der Waals surface area contributed by atoms with E-state index in [0.29, 0.717) is 4.47 Å². The van der Waals surface area contributed by atoms with Gasteiger partial charge in [0.1, 0.15) is 10.2 Å². The number of ether oxygens (including phenoxy) is 1. The molecule has 6 heteroatoms. The molecule has 0 radical (unpaired) electrons. The van der Waals surface area contributed by atoms with Crippen LogP contribution in [0.4, 0.5) is 0 Å². The zero-order valence-corrected chi connectivity index (χ0v) is 21.2. The number of para-hydroxylation sites is 1. The zero-order valence-electron chi connectivity index (χ0n) is 18.9. The summed E-state index contributed by atoms with van der Waals surface area (Å²) in [6, 6.07) is 17.3. The van der Waals surface area contributed by atoms with Gasteiger partial charge in [-0.3, -0.25) is 9.48 Å². The van der Waals surface area contributed by atoms with Crippen LogP contribution in [-0.2, 0) is 13.5 Å². The van der Waals surface area contributed by atoms with Crippen molar-refractivity contribution in [3.63, 3.8) is 0 Å². The molecule has 0 N–H and O–H groups in total. The summed E-state index contributed by atoms with van der Waals surface area (Å²) in [5.74, 6) is 1.77. The molecular weight excluding hydrogens is 488 g/mol. The summed E-state index contributed by atoms with van der Waals surface area (Å²) in [5, 5.41) is 0.746. The predicted octanol–water partition coefficient (Wildman–Crippen LogP) is 7.19. The fourth-order valence-corrected chi connectivity index (χ4v) is 5.12. The van der Waals surface area contributed by atoms with Gasteiger partial charge in [-0.25, -0.2) is 4.68 Å². The third-order valence-corrected chi connectivity index (χ3v) is 7.01. The Kier molecular flexibility index (Phi) is 9.49. The van der Waals surface area contributed by atoms with Gasteiger partial charge in [-0.2, -0.15) is 0 Å². The van der Waals surface area contributed by atoms with E-state index < -0.39 is 0 Å². The Morgan fingerprint density at radius 2 is 1.78 bits per heavy atom. The van der Waals surface area contributed by atoms with E-state index in [-0.39, 0.29) is 5.56 Å². The maximum Gasteiger partial charge on any atom is 0.285 e. The molecule has 1 heterocycles. The summed E-state index contributed by atoms with van der Waals surface area (Å²) in [6.45, 7) is 2.86. The van der Waals surface area contributed by atoms with Crippen LogP contribution < -0.4 is 10.3 Å². The summed E-state index contributed by atoms with van der Waals surface area (Å²) < 4.78 is 9.92. The summed E-state index contributed by atoms with van der Waals surface area (Å²) in [6.07, 6.45) is 9.02. The summed E-state index contributed by atoms with van der Waals surface area (Å²) in [5.41, 5.74) is 1.88. The van der Waals surface area contributed by atoms with E-state index in [1.807, 2.05) is 73.3 Å². The lowest BCUT2D eigenvalue weighted by molar-refractivity contribution is 0.246. The Morgan fingerprint density at radius 1 is 1.06 bits per heavy atom. The third-order valence-electron chi connectivity index (χ3n) is 5.98. The Labute approximate surface area is 204 Å². The molecule has 0 bridgehead atoms. The van der Waals surface area contributed by atoms with Crippen LogP contribution >= 0.6 is 27.5 Å². The Morgan fingerprint density at radius 3 is 2.41 bits per heavy atom. The third kappa shape index (κ3) is 6.52. The fourth-order valence-electron chi connectivity index (χ4n) is 4.24. The predicted molar refractivity (Wildman–Crippen MR) is 136 cm³/mol. The highest BCUT2D eigenvalue weighted by atomic mass is 79.9. The first-order chi connectivity index (χ1) is 15.5. The first kappa shape index (κ1) is 24.7. The van der Waals surface area contributed by atoms with Crippen LogP contribution in [0, 0.1) is 5.92 Å². The van der Waals surface area contributed by atoms with Crippen LogP contribution in [0.2, 0.25) is 5.02 Å². The van der Waals surface area contributed by atoms with Crippen molar-refractivity contribution in [2.75, 3.05) is 6.61 Å². The minimum atomic E-state index is -0.00875. The number of nitrogens with zero attached hydrogens (tertiary/aromatic N) is 2. The minimum absolute atomic E-state index is 0.00875. The molecular formula is C26H32BrClN2O2. The average Bonchev–Trinajstić information content (AvgIpc) is 3.03. The lowest BCUT2D eigenvalue weighted by Crippen LogP contribution is -2.19. The molecule has 1 fully saturated rings. The highest BCUT2D eigenvalue weighted by Crippen LogP contribution is 2.26.